The number of H-pyrrole nitrogens is 1. The van der Waals surface area contributed by atoms with Crippen LogP contribution < -0.4 is 0 Å². The van der Waals surface area contributed by atoms with Gasteiger partial charge >= 0.3 is 0 Å². The van der Waals surface area contributed by atoms with Gasteiger partial charge in [0.2, 0.25) is 5.91 Å². The number of hydrogen-bond donors (Lipinski definition) is 1. The normalized spacial score (nSPS) is 14.6. The number of fused-ring (bicyclic) bond motifs is 1. The highest BCUT2D eigenvalue weighted by Crippen LogP contribution is 2.41. The van der Waals surface area contributed by atoms with Crippen LogP contribution in [0.3, 0.4) is 0 Å². The topological polar surface area (TPSA) is 58.1 Å². The molecule has 2 unspecified atom stereocenters. The average Bonchev–Trinajstić information content (AvgIpc) is 3.51. The van der Waals surface area contributed by atoms with Gasteiger partial charge in [-0.15, -0.1) is 0 Å². The lowest BCUT2D eigenvalue weighted by atomic mass is 9.80. The first-order valence-corrected chi connectivity index (χ1v) is 12.6. The van der Waals surface area contributed by atoms with Crippen LogP contribution in [0.15, 0.2) is 85.2 Å². The second-order valence-electron chi connectivity index (χ2n) is 9.80. The molecule has 5 nitrogen and oxygen atoms in total. The third-order valence-electron chi connectivity index (χ3n) is 7.58. The lowest BCUT2D eigenvalue weighted by molar-refractivity contribution is -0.133. The van der Waals surface area contributed by atoms with E-state index in [-0.39, 0.29) is 5.91 Å². The molecule has 1 aliphatic heterocycles. The number of carbonyl (C=O) groups is 2. The van der Waals surface area contributed by atoms with Crippen molar-refractivity contribution in [3.63, 3.8) is 0 Å². The van der Waals surface area contributed by atoms with Crippen LogP contribution in [0.2, 0.25) is 0 Å². The molecule has 180 valence electrons. The van der Waals surface area contributed by atoms with Crippen molar-refractivity contribution in [2.24, 2.45) is 0 Å². The van der Waals surface area contributed by atoms with E-state index in [1.165, 1.54) is 11.1 Å². The summed E-state index contributed by atoms with van der Waals surface area (Å²) < 4.78 is 2.28. The van der Waals surface area contributed by atoms with Gasteiger partial charge in [-0.05, 0) is 41.2 Å². The molecule has 1 N–H and O–H groups in total. The molecule has 0 saturated carbocycles. The largest absolute Gasteiger partial charge is 0.361 e. The number of likely N-dealkylation sites (N-methyl/N-ethyl adjacent to an activating group) is 1. The number of benzene rings is 3. The Labute approximate surface area is 210 Å². The number of carbonyl (C=O) groups excluding carboxylic acids is 2. The van der Waals surface area contributed by atoms with E-state index in [1.54, 1.807) is 4.90 Å². The summed E-state index contributed by atoms with van der Waals surface area (Å²) in [6.07, 6.45) is 7.09. The van der Waals surface area contributed by atoms with E-state index >= 15 is 0 Å². The zero-order valence-corrected chi connectivity index (χ0v) is 20.4. The summed E-state index contributed by atoms with van der Waals surface area (Å²) in [5.74, 6) is -1.30. The molecule has 36 heavy (non-hydrogen) atoms. The molecule has 3 heterocycles. The summed E-state index contributed by atoms with van der Waals surface area (Å²) in [7, 11) is 1.84. The zero-order chi connectivity index (χ0) is 24.6. The van der Waals surface area contributed by atoms with Gasteiger partial charge in [0.05, 0.1) is 17.4 Å². The van der Waals surface area contributed by atoms with Crippen molar-refractivity contribution in [2.75, 3.05) is 7.05 Å². The van der Waals surface area contributed by atoms with Crippen LogP contribution in [-0.4, -0.2) is 33.7 Å². The average molecular weight is 476 g/mol. The van der Waals surface area contributed by atoms with E-state index in [0.29, 0.717) is 6.54 Å². The van der Waals surface area contributed by atoms with Gasteiger partial charge < -0.3 is 19.2 Å². The minimum atomic E-state index is -0.632. The quantitative estimate of drug-likeness (QED) is 0.303. The predicted molar refractivity (Wildman–Crippen MR) is 143 cm³/mol. The van der Waals surface area contributed by atoms with Gasteiger partial charge in [-0.2, -0.15) is 0 Å². The summed E-state index contributed by atoms with van der Waals surface area (Å²) >= 11 is 0. The van der Waals surface area contributed by atoms with Gasteiger partial charge in [-0.1, -0.05) is 66.7 Å². The predicted octanol–water partition coefficient (Wildman–Crippen LogP) is 5.79. The number of aromatic amines is 1. The van der Waals surface area contributed by atoms with Gasteiger partial charge in [-0.3, -0.25) is 4.79 Å². The molecule has 6 rings (SSSR count). The third-order valence-corrected chi connectivity index (χ3v) is 7.58. The Balaban J connectivity index is 1.51. The summed E-state index contributed by atoms with van der Waals surface area (Å²) in [4.78, 5) is 32.2. The molecule has 5 aromatic rings. The Morgan fingerprint density at radius 3 is 2.61 bits per heavy atom. The number of nitrogens with one attached hydrogen (secondary N) is 1. The van der Waals surface area contributed by atoms with Crippen molar-refractivity contribution in [3.8, 4) is 0 Å². The fourth-order valence-electron chi connectivity index (χ4n) is 5.89. The minimum Gasteiger partial charge on any atom is -0.361 e. The molecule has 2 atom stereocenters. The number of nitrogens with zero attached hydrogens (tertiary/aromatic N) is 2. The number of rotatable bonds is 7. The number of aryl methyl sites for hydroxylation is 2. The van der Waals surface area contributed by atoms with Crippen LogP contribution in [0, 0.1) is 0 Å². The highest BCUT2D eigenvalue weighted by Gasteiger charge is 2.37. The molecule has 3 aromatic carbocycles. The van der Waals surface area contributed by atoms with Crippen LogP contribution in [0.1, 0.15) is 40.5 Å². The fraction of sp³-hybridized carbons (Fsp3) is 0.226. The summed E-state index contributed by atoms with van der Waals surface area (Å²) in [6.45, 7) is 1.41. The molecule has 0 radical (unpaired) electrons. The van der Waals surface area contributed by atoms with Crippen molar-refractivity contribution >= 4 is 34.0 Å². The van der Waals surface area contributed by atoms with Crippen molar-refractivity contribution in [1.82, 2.24) is 14.5 Å². The third kappa shape index (κ3) is 3.72. The van der Waals surface area contributed by atoms with E-state index < -0.39 is 11.8 Å². The molecule has 5 heteroatoms. The van der Waals surface area contributed by atoms with Crippen LogP contribution >= 0.6 is 0 Å². The van der Waals surface area contributed by atoms with Crippen molar-refractivity contribution in [1.29, 1.82) is 0 Å². The highest BCUT2D eigenvalue weighted by molar-refractivity contribution is 5.98. The Bertz CT molecular complexity index is 1560. The van der Waals surface area contributed by atoms with Gasteiger partial charge in [-0.25, -0.2) is 0 Å². The smallest absolute Gasteiger partial charge is 0.231 e. The van der Waals surface area contributed by atoms with Crippen molar-refractivity contribution in [3.05, 3.63) is 107 Å². The molecule has 0 saturated heterocycles. The van der Waals surface area contributed by atoms with Gasteiger partial charge in [0.25, 0.3) is 0 Å². The standard InChI is InChI=1S/C31H29N3O2/c1-33(18-21-9-3-2-4-10-21)31(36)29(27(20-35)25-17-32-28-15-6-5-13-23(25)28)26-19-34-16-8-12-22-11-7-14-24(26)30(22)34/h2-7,9-11,13-15,17,19-20,27,29,32H,8,12,16,18H2,1H3. The number of aldehydes is 1. The van der Waals surface area contributed by atoms with Crippen molar-refractivity contribution in [2.45, 2.75) is 37.8 Å². The fourth-order valence-corrected chi connectivity index (χ4v) is 5.89. The van der Waals surface area contributed by atoms with E-state index in [0.717, 1.165) is 58.7 Å². The van der Waals surface area contributed by atoms with Crippen LogP contribution in [0.4, 0.5) is 0 Å². The maximum atomic E-state index is 14.3. The van der Waals surface area contributed by atoms with Gasteiger partial charge in [0.15, 0.2) is 0 Å². The lowest BCUT2D eigenvalue weighted by Crippen LogP contribution is -2.34. The number of para-hydroxylation sites is 2. The molecule has 1 amide bonds. The van der Waals surface area contributed by atoms with E-state index in [2.05, 4.69) is 33.9 Å². The molecule has 0 bridgehead atoms. The Morgan fingerprint density at radius 1 is 1.00 bits per heavy atom. The highest BCUT2D eigenvalue weighted by atomic mass is 16.2. The first kappa shape index (κ1) is 22.4. The van der Waals surface area contributed by atoms with Crippen LogP contribution in [0.5, 0.6) is 0 Å². The molecular weight excluding hydrogens is 446 g/mol. The molecular formula is C31H29N3O2. The minimum absolute atomic E-state index is 0.0510. The Kier molecular flexibility index (Phi) is 5.68. The monoisotopic (exact) mass is 475 g/mol. The SMILES string of the molecule is CN(Cc1ccccc1)C(=O)C(c1cn2c3c(cccc13)CCC2)C(C=O)c1c[nH]c2ccccc12. The first-order chi connectivity index (χ1) is 17.7. The molecule has 2 aromatic heterocycles. The summed E-state index contributed by atoms with van der Waals surface area (Å²) in [6, 6.07) is 24.3. The number of hydrogen-bond acceptors (Lipinski definition) is 2. The van der Waals surface area contributed by atoms with E-state index in [1.807, 2.05) is 67.8 Å². The van der Waals surface area contributed by atoms with E-state index in [9.17, 15) is 9.59 Å². The first-order valence-electron chi connectivity index (χ1n) is 12.6. The number of aromatic nitrogens is 2. The summed E-state index contributed by atoms with van der Waals surface area (Å²) in [5.41, 5.74) is 6.32. The van der Waals surface area contributed by atoms with Crippen LogP contribution in [0.25, 0.3) is 21.8 Å². The van der Waals surface area contributed by atoms with Crippen molar-refractivity contribution < 1.29 is 9.59 Å². The second kappa shape index (κ2) is 9.15. The lowest BCUT2D eigenvalue weighted by Gasteiger charge is -2.27. The number of amides is 1. The summed E-state index contributed by atoms with van der Waals surface area (Å²) in [5, 5.41) is 2.05. The zero-order valence-electron chi connectivity index (χ0n) is 20.4. The maximum absolute atomic E-state index is 14.3. The maximum Gasteiger partial charge on any atom is 0.231 e. The molecule has 0 fully saturated rings. The van der Waals surface area contributed by atoms with E-state index in [4.69, 9.17) is 0 Å². The van der Waals surface area contributed by atoms with Gasteiger partial charge in [0.1, 0.15) is 6.29 Å². The molecule has 1 aliphatic rings. The van der Waals surface area contributed by atoms with Gasteiger partial charge in [0, 0.05) is 48.8 Å². The Morgan fingerprint density at radius 2 is 1.78 bits per heavy atom. The molecule has 0 aliphatic carbocycles. The van der Waals surface area contributed by atoms with Crippen LogP contribution in [-0.2, 0) is 29.1 Å². The second-order valence-corrected chi connectivity index (χ2v) is 9.80. The Hall–Kier alpha value is -4.12. The molecule has 0 spiro atoms.